The van der Waals surface area contributed by atoms with Gasteiger partial charge in [-0.25, -0.2) is 8.78 Å². The lowest BCUT2D eigenvalue weighted by Gasteiger charge is -2.11. The summed E-state index contributed by atoms with van der Waals surface area (Å²) in [5, 5.41) is 0.232. The van der Waals surface area contributed by atoms with E-state index < -0.39 is 19.0 Å². The van der Waals surface area contributed by atoms with Crippen LogP contribution < -0.4 is 10.6 Å². The third kappa shape index (κ3) is 2.43. The molecule has 17 heavy (non-hydrogen) atoms. The summed E-state index contributed by atoms with van der Waals surface area (Å²) >= 11 is 0. The first-order chi connectivity index (χ1) is 8.00. The van der Waals surface area contributed by atoms with Crippen molar-refractivity contribution in [1.29, 1.82) is 0 Å². The van der Waals surface area contributed by atoms with Crippen LogP contribution in [0.2, 0.25) is 0 Å². The average molecular weight is 254 g/mol. The van der Waals surface area contributed by atoms with Crippen LogP contribution in [0, 0.1) is 11.6 Å². The highest BCUT2D eigenvalue weighted by atomic mass is 31.2. The number of hydrogen-bond acceptors (Lipinski definition) is 1. The SMILES string of the molecule is O=P(O)(c1ccc(F)cc1)c1ccc(F)cc1. The van der Waals surface area contributed by atoms with Gasteiger partial charge in [0.05, 0.1) is 0 Å². The molecule has 0 atom stereocenters. The molecule has 0 aromatic heterocycles. The van der Waals surface area contributed by atoms with E-state index in [4.69, 9.17) is 0 Å². The van der Waals surface area contributed by atoms with Gasteiger partial charge in [0.25, 0.3) is 7.37 Å². The lowest BCUT2D eigenvalue weighted by atomic mass is 10.3. The van der Waals surface area contributed by atoms with Crippen molar-refractivity contribution < 1.29 is 18.2 Å². The van der Waals surface area contributed by atoms with Gasteiger partial charge in [-0.05, 0) is 48.5 Å². The minimum absolute atomic E-state index is 0.116. The van der Waals surface area contributed by atoms with Crippen LogP contribution in [0.15, 0.2) is 48.5 Å². The molecule has 88 valence electrons. The van der Waals surface area contributed by atoms with Crippen molar-refractivity contribution in [3.8, 4) is 0 Å². The van der Waals surface area contributed by atoms with Crippen LogP contribution in [-0.2, 0) is 4.57 Å². The van der Waals surface area contributed by atoms with Gasteiger partial charge in [-0.15, -0.1) is 0 Å². The van der Waals surface area contributed by atoms with Crippen molar-refractivity contribution in [2.45, 2.75) is 0 Å². The Hall–Kier alpha value is -1.51. The molecule has 0 saturated heterocycles. The van der Waals surface area contributed by atoms with Gasteiger partial charge in [0.1, 0.15) is 11.6 Å². The standard InChI is InChI=1S/C12H9F2O2P/c13-9-1-5-11(6-2-9)17(15,16)12-7-3-10(14)4-8-12/h1-8H,(H,15,16). The Kier molecular flexibility index (Phi) is 3.09. The number of rotatable bonds is 2. The highest BCUT2D eigenvalue weighted by molar-refractivity contribution is 7.73. The van der Waals surface area contributed by atoms with Gasteiger partial charge in [0, 0.05) is 10.6 Å². The molecule has 0 aliphatic carbocycles. The largest absolute Gasteiger partial charge is 0.338 e. The normalized spacial score (nSPS) is 11.5. The van der Waals surface area contributed by atoms with E-state index in [0.29, 0.717) is 0 Å². The first kappa shape index (κ1) is 12.0. The zero-order chi connectivity index (χ0) is 12.5. The van der Waals surface area contributed by atoms with Gasteiger partial charge < -0.3 is 4.89 Å². The van der Waals surface area contributed by atoms with Gasteiger partial charge >= 0.3 is 0 Å². The fourth-order valence-corrected chi connectivity index (χ4v) is 2.84. The van der Waals surface area contributed by atoms with Crippen LogP contribution in [0.4, 0.5) is 8.78 Å². The summed E-state index contributed by atoms with van der Waals surface area (Å²) in [5.74, 6) is -0.958. The number of benzene rings is 2. The van der Waals surface area contributed by atoms with Crippen molar-refractivity contribution in [3.63, 3.8) is 0 Å². The monoisotopic (exact) mass is 254 g/mol. The summed E-state index contributed by atoms with van der Waals surface area (Å²) in [5.41, 5.74) is 0. The van der Waals surface area contributed by atoms with Crippen molar-refractivity contribution >= 4 is 18.0 Å². The molecule has 0 spiro atoms. The number of hydrogen-bond donors (Lipinski definition) is 1. The first-order valence-corrected chi connectivity index (χ1v) is 6.51. The van der Waals surface area contributed by atoms with Crippen LogP contribution in [0.25, 0.3) is 0 Å². The van der Waals surface area contributed by atoms with Gasteiger partial charge in [0.15, 0.2) is 0 Å². The van der Waals surface area contributed by atoms with Crippen LogP contribution in [-0.4, -0.2) is 4.89 Å². The van der Waals surface area contributed by atoms with E-state index in [1.165, 1.54) is 24.3 Å². The molecule has 0 unspecified atom stereocenters. The predicted octanol–water partition coefficient (Wildman–Crippen LogP) is 2.19. The van der Waals surface area contributed by atoms with Crippen molar-refractivity contribution in [2.24, 2.45) is 0 Å². The van der Waals surface area contributed by atoms with E-state index in [9.17, 15) is 18.2 Å². The Balaban J connectivity index is 2.45. The molecule has 5 heteroatoms. The summed E-state index contributed by atoms with van der Waals surface area (Å²) in [4.78, 5) is 9.95. The molecular weight excluding hydrogens is 245 g/mol. The topological polar surface area (TPSA) is 37.3 Å². The maximum absolute atomic E-state index is 12.7. The number of halogens is 2. The maximum atomic E-state index is 12.7. The van der Waals surface area contributed by atoms with E-state index in [1.54, 1.807) is 0 Å². The summed E-state index contributed by atoms with van der Waals surface area (Å²) in [6, 6.07) is 9.45. The van der Waals surface area contributed by atoms with E-state index >= 15 is 0 Å². The Morgan fingerprint density at radius 3 is 1.35 bits per heavy atom. The van der Waals surface area contributed by atoms with E-state index in [2.05, 4.69) is 0 Å². The highest BCUT2D eigenvalue weighted by Crippen LogP contribution is 2.37. The molecule has 2 aromatic rings. The molecule has 0 aliphatic rings. The Labute approximate surface area is 97.0 Å². The van der Waals surface area contributed by atoms with E-state index in [0.717, 1.165) is 24.3 Å². The molecular formula is C12H9F2O2P. The summed E-state index contributed by atoms with van der Waals surface area (Å²) in [6.45, 7) is 0. The van der Waals surface area contributed by atoms with E-state index in [-0.39, 0.29) is 10.6 Å². The Morgan fingerprint density at radius 1 is 0.765 bits per heavy atom. The van der Waals surface area contributed by atoms with Crippen molar-refractivity contribution in [1.82, 2.24) is 0 Å². The highest BCUT2D eigenvalue weighted by Gasteiger charge is 2.23. The zero-order valence-corrected chi connectivity index (χ0v) is 9.57. The second-order valence-corrected chi connectivity index (χ2v) is 5.71. The predicted molar refractivity (Wildman–Crippen MR) is 61.9 cm³/mol. The average Bonchev–Trinajstić information content (AvgIpc) is 2.30. The van der Waals surface area contributed by atoms with Crippen LogP contribution in [0.5, 0.6) is 0 Å². The van der Waals surface area contributed by atoms with Crippen LogP contribution in [0.3, 0.4) is 0 Å². The zero-order valence-electron chi connectivity index (χ0n) is 8.68. The Morgan fingerprint density at radius 2 is 1.06 bits per heavy atom. The quantitative estimate of drug-likeness (QED) is 0.834. The maximum Gasteiger partial charge on any atom is 0.258 e. The minimum Gasteiger partial charge on any atom is -0.338 e. The molecule has 0 amide bonds. The van der Waals surface area contributed by atoms with Gasteiger partial charge in [-0.2, -0.15) is 0 Å². The third-order valence-corrected chi connectivity index (χ3v) is 4.35. The molecule has 2 aromatic carbocycles. The second kappa shape index (κ2) is 4.40. The summed E-state index contributed by atoms with van der Waals surface area (Å²) in [7, 11) is -3.77. The molecule has 0 heterocycles. The van der Waals surface area contributed by atoms with Gasteiger partial charge in [0.2, 0.25) is 0 Å². The molecule has 0 bridgehead atoms. The molecule has 1 N–H and O–H groups in total. The van der Waals surface area contributed by atoms with Gasteiger partial charge in [-0.1, -0.05) is 0 Å². The summed E-state index contributed by atoms with van der Waals surface area (Å²) in [6.07, 6.45) is 0. The van der Waals surface area contributed by atoms with Crippen molar-refractivity contribution in [3.05, 3.63) is 60.2 Å². The summed E-state index contributed by atoms with van der Waals surface area (Å²) < 4.78 is 37.6. The fraction of sp³-hybridized carbons (Fsp3) is 0. The lowest BCUT2D eigenvalue weighted by Crippen LogP contribution is -2.15. The van der Waals surface area contributed by atoms with Crippen LogP contribution in [0.1, 0.15) is 0 Å². The third-order valence-electron chi connectivity index (χ3n) is 2.35. The van der Waals surface area contributed by atoms with E-state index in [1.807, 2.05) is 0 Å². The first-order valence-electron chi connectivity index (χ1n) is 4.85. The molecule has 0 radical (unpaired) electrons. The Bertz CT molecular complexity index is 515. The molecule has 0 aliphatic heterocycles. The molecule has 0 saturated carbocycles. The van der Waals surface area contributed by atoms with Gasteiger partial charge in [-0.3, -0.25) is 4.57 Å². The minimum atomic E-state index is -3.77. The lowest BCUT2D eigenvalue weighted by molar-refractivity contribution is 0.501. The van der Waals surface area contributed by atoms with Crippen molar-refractivity contribution in [2.75, 3.05) is 0 Å². The second-order valence-electron chi connectivity index (χ2n) is 3.53. The molecule has 0 fully saturated rings. The molecule has 2 nitrogen and oxygen atoms in total. The fourth-order valence-electron chi connectivity index (χ4n) is 1.44. The molecule has 2 rings (SSSR count). The smallest absolute Gasteiger partial charge is 0.258 e. The van der Waals surface area contributed by atoms with Crippen LogP contribution >= 0.6 is 7.37 Å².